The molecule has 290 valence electrons. The molecule has 4 fully saturated rings. The molecule has 3 aliphatic carbocycles. The van der Waals surface area contributed by atoms with E-state index in [1.165, 1.54) is 17.1 Å². The molecule has 52 heavy (non-hydrogen) atoms. The Hall–Kier alpha value is -1.79. The van der Waals surface area contributed by atoms with Crippen LogP contribution in [0.25, 0.3) is 11.0 Å². The molecule has 0 amide bonds. The number of aliphatic hydroxyl groups is 6. The van der Waals surface area contributed by atoms with E-state index in [0.29, 0.717) is 42.5 Å². The average molecular weight is 768 g/mol. The number of esters is 1. The van der Waals surface area contributed by atoms with E-state index in [2.05, 4.69) is 5.32 Å². The van der Waals surface area contributed by atoms with Gasteiger partial charge in [-0.3, -0.25) is 4.79 Å². The highest BCUT2D eigenvalue weighted by atomic mass is 33.1. The zero-order valence-corrected chi connectivity index (χ0v) is 31.3. The first-order chi connectivity index (χ1) is 25.0. The van der Waals surface area contributed by atoms with Gasteiger partial charge >= 0.3 is 5.97 Å². The summed E-state index contributed by atoms with van der Waals surface area (Å²) in [5.41, 5.74) is -5.38. The van der Waals surface area contributed by atoms with E-state index in [-0.39, 0.29) is 54.5 Å². The number of carbonyl (C=O) groups is 1. The number of benzene rings is 1. The molecule has 2 aromatic rings. The molecule has 9 atom stereocenters. The summed E-state index contributed by atoms with van der Waals surface area (Å²) in [7, 11) is 3.17. The molecule has 0 unspecified atom stereocenters. The van der Waals surface area contributed by atoms with Crippen molar-refractivity contribution in [3.63, 3.8) is 0 Å². The van der Waals surface area contributed by atoms with Crippen LogP contribution in [0.4, 0.5) is 0 Å². The molecule has 1 aromatic carbocycles. The average Bonchev–Trinajstić information content (AvgIpc) is 3.61. The molecule has 13 nitrogen and oxygen atoms in total. The fourth-order valence-corrected chi connectivity index (χ4v) is 13.4. The van der Waals surface area contributed by atoms with Gasteiger partial charge in [-0.05, 0) is 69.1 Å². The molecule has 1 spiro atoms. The van der Waals surface area contributed by atoms with E-state index in [1.54, 1.807) is 29.9 Å². The fraction of sp³-hybridized carbons (Fsp3) is 0.757. The number of ether oxygens (including phenoxy) is 4. The molecule has 5 aliphatic rings. The standard InChI is InChI=1S/C37H53NO12S2/c1-2-46-27(42)9-7-22-16-23-10-14-47-29(23)31-30(22)49-33-37(45)28-24(6-8-26(41)25(28)18-39)17-36(44,32(37)43)35(20-40,50-33)21-51-52-34(11-4-3-5-12-34)19-38-13-15-48-31/h10,14,16,24-26,28,32-33,38-41,43-45H,2-9,11-13,15,17-21H2,1H3/t24-,25+,26+,28-,32+,33+,35+,36+,37+/m1/s1. The quantitative estimate of drug-likeness (QED) is 0.167. The first kappa shape index (κ1) is 38.5. The van der Waals surface area contributed by atoms with Crippen LogP contribution in [0.1, 0.15) is 70.3 Å². The number of nitrogens with one attached hydrogen (secondary N) is 1. The predicted octanol–water partition coefficient (Wildman–Crippen LogP) is 2.68. The topological polar surface area (TPSA) is 201 Å². The van der Waals surface area contributed by atoms with E-state index in [4.69, 9.17) is 23.4 Å². The van der Waals surface area contributed by atoms with Crippen molar-refractivity contribution in [1.29, 1.82) is 0 Å². The number of aryl methyl sites for hydroxylation is 1. The highest BCUT2D eigenvalue weighted by molar-refractivity contribution is 8.77. The third-order valence-electron chi connectivity index (χ3n) is 12.4. The third kappa shape index (κ3) is 6.54. The minimum absolute atomic E-state index is 0.00667. The molecule has 7 rings (SSSR count). The van der Waals surface area contributed by atoms with Gasteiger partial charge in [-0.15, -0.1) is 0 Å². The van der Waals surface area contributed by atoms with E-state index in [0.717, 1.165) is 32.1 Å². The molecule has 15 heteroatoms. The normalized spacial score (nSPS) is 37.8. The van der Waals surface area contributed by atoms with Gasteiger partial charge in [0.2, 0.25) is 12.0 Å². The Morgan fingerprint density at radius 1 is 1.12 bits per heavy atom. The molecule has 7 N–H and O–H groups in total. The SMILES string of the molecule is CCOC(=O)CCc1cc2ccoc2c2c1O[C@H]1O[C@@](CO)(CSSC3(CCCCC3)CNCCO2)[C@]2(O)C[C@H]3CC[C@H](O)[C@H](CO)[C@@H]3[C@]1(O)[C@H]2O. The number of aliphatic hydroxyl groups excluding tert-OH is 4. The van der Waals surface area contributed by atoms with Crippen LogP contribution >= 0.6 is 21.6 Å². The third-order valence-corrected chi connectivity index (χ3v) is 15.8. The van der Waals surface area contributed by atoms with E-state index in [1.807, 2.05) is 0 Å². The maximum Gasteiger partial charge on any atom is 0.306 e. The first-order valence-corrected chi connectivity index (χ1v) is 21.1. The summed E-state index contributed by atoms with van der Waals surface area (Å²) in [5, 5.41) is 75.2. The second kappa shape index (κ2) is 15.4. The summed E-state index contributed by atoms with van der Waals surface area (Å²) >= 11 is 0. The fourth-order valence-electron chi connectivity index (χ4n) is 9.67. The monoisotopic (exact) mass is 767 g/mol. The van der Waals surface area contributed by atoms with Gasteiger partial charge in [0.25, 0.3) is 0 Å². The zero-order valence-electron chi connectivity index (χ0n) is 29.7. The van der Waals surface area contributed by atoms with Crippen molar-refractivity contribution in [3.8, 4) is 11.5 Å². The van der Waals surface area contributed by atoms with Crippen LogP contribution in [0.15, 0.2) is 22.8 Å². The van der Waals surface area contributed by atoms with Crippen LogP contribution in [-0.4, -0.2) is 122 Å². The van der Waals surface area contributed by atoms with Gasteiger partial charge in [-0.1, -0.05) is 40.9 Å². The van der Waals surface area contributed by atoms with Crippen molar-refractivity contribution in [2.24, 2.45) is 17.8 Å². The molecule has 2 aliphatic heterocycles. The zero-order chi connectivity index (χ0) is 36.7. The number of carbonyl (C=O) groups excluding carboxylic acids is 1. The summed E-state index contributed by atoms with van der Waals surface area (Å²) in [6.45, 7) is 2.23. The Labute approximate surface area is 311 Å². The summed E-state index contributed by atoms with van der Waals surface area (Å²) in [4.78, 5) is 12.6. The molecule has 1 saturated heterocycles. The van der Waals surface area contributed by atoms with Gasteiger partial charge in [0.1, 0.15) is 23.9 Å². The lowest BCUT2D eigenvalue weighted by Crippen LogP contribution is -2.85. The Morgan fingerprint density at radius 3 is 2.67 bits per heavy atom. The minimum Gasteiger partial charge on any atom is -0.485 e. The van der Waals surface area contributed by atoms with Crippen molar-refractivity contribution in [2.75, 3.05) is 45.3 Å². The molecule has 0 radical (unpaired) electrons. The lowest BCUT2D eigenvalue weighted by molar-refractivity contribution is -0.421. The predicted molar refractivity (Wildman–Crippen MR) is 194 cm³/mol. The largest absolute Gasteiger partial charge is 0.485 e. The van der Waals surface area contributed by atoms with Crippen molar-refractivity contribution in [1.82, 2.24) is 5.32 Å². The van der Waals surface area contributed by atoms with Crippen molar-refractivity contribution >= 4 is 38.5 Å². The summed E-state index contributed by atoms with van der Waals surface area (Å²) in [5.74, 6) is -2.30. The van der Waals surface area contributed by atoms with Gasteiger partial charge in [0.15, 0.2) is 16.9 Å². The van der Waals surface area contributed by atoms with Gasteiger partial charge in [0.05, 0.1) is 25.6 Å². The van der Waals surface area contributed by atoms with Crippen LogP contribution < -0.4 is 14.8 Å². The number of hydrogen-bond acceptors (Lipinski definition) is 15. The number of hydrogen-bond donors (Lipinski definition) is 7. The number of furan rings is 1. The van der Waals surface area contributed by atoms with Crippen molar-refractivity contribution < 1.29 is 58.8 Å². The van der Waals surface area contributed by atoms with Crippen LogP contribution in [0, 0.1) is 17.8 Å². The van der Waals surface area contributed by atoms with Gasteiger partial charge < -0.3 is 59.3 Å². The molecular formula is C37H53NO12S2. The van der Waals surface area contributed by atoms with Crippen LogP contribution in [-0.2, 0) is 20.7 Å². The molecule has 4 bridgehead atoms. The summed E-state index contributed by atoms with van der Waals surface area (Å²) in [6.07, 6.45) is 3.08. The Balaban J connectivity index is 1.38. The van der Waals surface area contributed by atoms with Crippen molar-refractivity contribution in [2.45, 2.75) is 111 Å². The second-order valence-corrected chi connectivity index (χ2v) is 18.1. The highest BCUT2D eigenvalue weighted by Crippen LogP contribution is 2.61. The minimum atomic E-state index is -2.36. The molecular weight excluding hydrogens is 715 g/mol. The molecule has 1 aromatic heterocycles. The lowest BCUT2D eigenvalue weighted by atomic mass is 9.49. The Kier molecular flexibility index (Phi) is 11.4. The maximum absolute atomic E-state index is 13.0. The second-order valence-electron chi connectivity index (χ2n) is 15.4. The smallest absolute Gasteiger partial charge is 0.306 e. The van der Waals surface area contributed by atoms with Crippen LogP contribution in [0.3, 0.4) is 0 Å². The maximum atomic E-state index is 13.0. The van der Waals surface area contributed by atoms with Crippen LogP contribution in [0.2, 0.25) is 0 Å². The number of rotatable bonds is 6. The van der Waals surface area contributed by atoms with Crippen LogP contribution in [0.5, 0.6) is 11.5 Å². The molecule has 3 saturated carbocycles. The van der Waals surface area contributed by atoms with E-state index < -0.39 is 72.2 Å². The summed E-state index contributed by atoms with van der Waals surface area (Å²) < 4.78 is 31.0. The van der Waals surface area contributed by atoms with E-state index >= 15 is 0 Å². The molecule has 3 heterocycles. The van der Waals surface area contributed by atoms with Gasteiger partial charge in [-0.25, -0.2) is 0 Å². The van der Waals surface area contributed by atoms with E-state index in [9.17, 15) is 35.4 Å². The van der Waals surface area contributed by atoms with Crippen molar-refractivity contribution in [3.05, 3.63) is 24.0 Å². The number of fused-ring (bicyclic) bond motifs is 11. The van der Waals surface area contributed by atoms with Gasteiger partial charge in [0, 0.05) is 53.8 Å². The first-order valence-electron chi connectivity index (χ1n) is 18.7. The van der Waals surface area contributed by atoms with Gasteiger partial charge in [-0.2, -0.15) is 0 Å². The lowest BCUT2D eigenvalue weighted by Gasteiger charge is -2.67. The Morgan fingerprint density at radius 2 is 1.92 bits per heavy atom. The Bertz CT molecular complexity index is 1570. The summed E-state index contributed by atoms with van der Waals surface area (Å²) in [6, 6.07) is 3.57. The highest BCUT2D eigenvalue weighted by Gasteiger charge is 2.77.